The summed E-state index contributed by atoms with van der Waals surface area (Å²) in [7, 11) is 0. The van der Waals surface area contributed by atoms with Gasteiger partial charge in [0.2, 0.25) is 0 Å². The number of benzene rings is 1. The lowest BCUT2D eigenvalue weighted by Crippen LogP contribution is -2.50. The second-order valence-corrected chi connectivity index (χ2v) is 6.49. The van der Waals surface area contributed by atoms with Gasteiger partial charge in [0.05, 0.1) is 0 Å². The Kier molecular flexibility index (Phi) is 5.45. The van der Waals surface area contributed by atoms with E-state index < -0.39 is 0 Å². The first-order valence-corrected chi connectivity index (χ1v) is 8.56. The van der Waals surface area contributed by atoms with Gasteiger partial charge in [-0.25, -0.2) is 9.18 Å². The minimum absolute atomic E-state index is 0.0152. The summed E-state index contributed by atoms with van der Waals surface area (Å²) in [6.45, 7) is 2.45. The van der Waals surface area contributed by atoms with Crippen LogP contribution in [-0.2, 0) is 4.74 Å². The van der Waals surface area contributed by atoms with Gasteiger partial charge in [-0.2, -0.15) is 0 Å². The zero-order valence-electron chi connectivity index (χ0n) is 13.7. The molecule has 2 aliphatic rings. The van der Waals surface area contributed by atoms with E-state index in [1.165, 1.54) is 24.3 Å². The highest BCUT2D eigenvalue weighted by Crippen LogP contribution is 2.21. The largest absolute Gasteiger partial charge is 0.381 e. The number of carbonyl (C=O) groups is 2. The number of hydrogen-bond acceptors (Lipinski definition) is 3. The van der Waals surface area contributed by atoms with Crippen molar-refractivity contribution in [1.82, 2.24) is 10.2 Å². The second-order valence-electron chi connectivity index (χ2n) is 6.49. The first kappa shape index (κ1) is 16.9. The number of hydrogen-bond donors (Lipinski definition) is 1. The van der Waals surface area contributed by atoms with Crippen molar-refractivity contribution in [3.8, 4) is 0 Å². The maximum atomic E-state index is 13.0. The van der Waals surface area contributed by atoms with E-state index in [-0.39, 0.29) is 29.6 Å². The number of ether oxygens (including phenoxy) is 1. The molecule has 3 rings (SSSR count). The molecule has 0 spiro atoms. The van der Waals surface area contributed by atoms with Gasteiger partial charge in [0, 0.05) is 43.8 Å². The van der Waals surface area contributed by atoms with Gasteiger partial charge in [-0.1, -0.05) is 0 Å². The van der Waals surface area contributed by atoms with Crippen molar-refractivity contribution < 1.29 is 18.7 Å². The van der Waals surface area contributed by atoms with Gasteiger partial charge in [0.15, 0.2) is 5.78 Å². The molecule has 1 aromatic carbocycles. The minimum atomic E-state index is -0.354. The Balaban J connectivity index is 1.58. The van der Waals surface area contributed by atoms with Crippen LogP contribution < -0.4 is 5.32 Å². The van der Waals surface area contributed by atoms with Crippen LogP contribution in [0, 0.1) is 11.7 Å². The first-order chi connectivity index (χ1) is 11.6. The maximum absolute atomic E-state index is 13.0. The van der Waals surface area contributed by atoms with Gasteiger partial charge in [-0.05, 0) is 49.9 Å². The third kappa shape index (κ3) is 4.12. The molecular formula is C18H23FN2O3. The molecule has 2 fully saturated rings. The van der Waals surface area contributed by atoms with Gasteiger partial charge >= 0.3 is 6.03 Å². The van der Waals surface area contributed by atoms with Gasteiger partial charge in [0.25, 0.3) is 0 Å². The lowest BCUT2D eigenvalue weighted by Gasteiger charge is -2.34. The highest BCUT2D eigenvalue weighted by Gasteiger charge is 2.30. The van der Waals surface area contributed by atoms with Crippen LogP contribution in [-0.4, -0.2) is 49.1 Å². The Bertz CT molecular complexity index is 584. The molecule has 2 aliphatic heterocycles. The number of nitrogens with one attached hydrogen (secondary N) is 1. The monoisotopic (exact) mass is 334 g/mol. The number of Topliss-reactive ketones (excluding diaryl/α,β-unsaturated/α-hetero) is 1. The van der Waals surface area contributed by atoms with E-state index in [2.05, 4.69) is 5.32 Å². The number of ketones is 1. The Morgan fingerprint density at radius 1 is 1.12 bits per heavy atom. The summed E-state index contributed by atoms with van der Waals surface area (Å²) in [5.74, 6) is -0.587. The van der Waals surface area contributed by atoms with Crippen molar-refractivity contribution in [2.75, 3.05) is 26.3 Å². The molecule has 0 aromatic heterocycles. The molecule has 0 bridgehead atoms. The van der Waals surface area contributed by atoms with E-state index in [1.54, 1.807) is 4.90 Å². The van der Waals surface area contributed by atoms with Crippen LogP contribution in [0.4, 0.5) is 9.18 Å². The summed E-state index contributed by atoms with van der Waals surface area (Å²) in [6, 6.07) is 5.67. The van der Waals surface area contributed by atoms with E-state index in [0.29, 0.717) is 31.9 Å². The number of likely N-dealkylation sites (tertiary alicyclic amines) is 1. The molecular weight excluding hydrogens is 311 g/mol. The molecule has 1 N–H and O–H groups in total. The summed E-state index contributed by atoms with van der Waals surface area (Å²) in [5.41, 5.74) is 0.507. The quantitative estimate of drug-likeness (QED) is 0.865. The average Bonchev–Trinajstić information content (AvgIpc) is 2.63. The zero-order chi connectivity index (χ0) is 16.9. The van der Waals surface area contributed by atoms with E-state index in [0.717, 1.165) is 25.7 Å². The topological polar surface area (TPSA) is 58.6 Å². The van der Waals surface area contributed by atoms with Gasteiger partial charge in [0.1, 0.15) is 5.82 Å². The number of piperidine rings is 1. The molecule has 1 unspecified atom stereocenters. The molecule has 1 atom stereocenters. The SMILES string of the molecule is O=C(c1ccc(F)cc1)C1CCCN(C(=O)NC2CCOCC2)C1. The van der Waals surface area contributed by atoms with Crippen LogP contribution in [0.15, 0.2) is 24.3 Å². The van der Waals surface area contributed by atoms with Crippen LogP contribution in [0.1, 0.15) is 36.0 Å². The van der Waals surface area contributed by atoms with E-state index in [4.69, 9.17) is 4.74 Å². The van der Waals surface area contributed by atoms with E-state index in [9.17, 15) is 14.0 Å². The van der Waals surface area contributed by atoms with Crippen LogP contribution in [0.2, 0.25) is 0 Å². The number of nitrogens with zero attached hydrogens (tertiary/aromatic N) is 1. The van der Waals surface area contributed by atoms with Gasteiger partial charge in [-0.15, -0.1) is 0 Å². The van der Waals surface area contributed by atoms with Crippen LogP contribution >= 0.6 is 0 Å². The lowest BCUT2D eigenvalue weighted by atomic mass is 9.90. The molecule has 2 heterocycles. The Morgan fingerprint density at radius 3 is 2.54 bits per heavy atom. The molecule has 130 valence electrons. The molecule has 24 heavy (non-hydrogen) atoms. The van der Waals surface area contributed by atoms with Crippen molar-refractivity contribution >= 4 is 11.8 Å². The predicted molar refractivity (Wildman–Crippen MR) is 87.4 cm³/mol. The fourth-order valence-corrected chi connectivity index (χ4v) is 3.33. The van der Waals surface area contributed by atoms with Gasteiger partial charge < -0.3 is 15.0 Å². The number of halogens is 1. The summed E-state index contributed by atoms with van der Waals surface area (Å²) in [5, 5.41) is 3.04. The lowest BCUT2D eigenvalue weighted by molar-refractivity contribution is 0.0750. The third-order valence-corrected chi connectivity index (χ3v) is 4.76. The maximum Gasteiger partial charge on any atom is 0.317 e. The molecule has 0 saturated carbocycles. The highest BCUT2D eigenvalue weighted by atomic mass is 19.1. The molecule has 0 aliphatic carbocycles. The molecule has 1 aromatic rings. The molecule has 2 saturated heterocycles. The van der Waals surface area contributed by atoms with E-state index >= 15 is 0 Å². The minimum Gasteiger partial charge on any atom is -0.381 e. The molecule has 2 amide bonds. The van der Waals surface area contributed by atoms with Crippen molar-refractivity contribution in [3.05, 3.63) is 35.6 Å². The number of rotatable bonds is 3. The van der Waals surface area contributed by atoms with Crippen molar-refractivity contribution in [3.63, 3.8) is 0 Å². The summed E-state index contributed by atoms with van der Waals surface area (Å²) < 4.78 is 18.3. The Morgan fingerprint density at radius 2 is 1.83 bits per heavy atom. The number of urea groups is 1. The van der Waals surface area contributed by atoms with Crippen LogP contribution in [0.5, 0.6) is 0 Å². The van der Waals surface area contributed by atoms with Crippen LogP contribution in [0.3, 0.4) is 0 Å². The standard InChI is InChI=1S/C18H23FN2O3/c19-15-5-3-13(4-6-15)17(22)14-2-1-9-21(12-14)18(23)20-16-7-10-24-11-8-16/h3-6,14,16H,1-2,7-12H2,(H,20,23). The third-order valence-electron chi connectivity index (χ3n) is 4.76. The van der Waals surface area contributed by atoms with Crippen molar-refractivity contribution in [2.45, 2.75) is 31.7 Å². The average molecular weight is 334 g/mol. The van der Waals surface area contributed by atoms with Crippen molar-refractivity contribution in [1.29, 1.82) is 0 Å². The summed E-state index contributed by atoms with van der Waals surface area (Å²) >= 11 is 0. The number of amides is 2. The summed E-state index contributed by atoms with van der Waals surface area (Å²) in [4.78, 5) is 26.7. The second kappa shape index (κ2) is 7.75. The normalized spacial score (nSPS) is 22.2. The fourth-order valence-electron chi connectivity index (χ4n) is 3.33. The first-order valence-electron chi connectivity index (χ1n) is 8.56. The molecule has 6 heteroatoms. The predicted octanol–water partition coefficient (Wildman–Crippen LogP) is 2.61. The Hall–Kier alpha value is -1.95. The molecule has 5 nitrogen and oxygen atoms in total. The number of carbonyl (C=O) groups excluding carboxylic acids is 2. The van der Waals surface area contributed by atoms with Crippen molar-refractivity contribution in [2.24, 2.45) is 5.92 Å². The zero-order valence-corrected chi connectivity index (χ0v) is 13.7. The molecule has 0 radical (unpaired) electrons. The highest BCUT2D eigenvalue weighted by molar-refractivity contribution is 5.98. The Labute approximate surface area is 141 Å². The summed E-state index contributed by atoms with van der Waals surface area (Å²) in [6.07, 6.45) is 3.23. The van der Waals surface area contributed by atoms with Crippen LogP contribution in [0.25, 0.3) is 0 Å². The smallest absolute Gasteiger partial charge is 0.317 e. The fraction of sp³-hybridized carbons (Fsp3) is 0.556. The van der Waals surface area contributed by atoms with Gasteiger partial charge in [-0.3, -0.25) is 4.79 Å². The van der Waals surface area contributed by atoms with E-state index in [1.807, 2.05) is 0 Å².